The summed E-state index contributed by atoms with van der Waals surface area (Å²) in [5, 5.41) is 3.46. The first-order chi connectivity index (χ1) is 10.6. The molecule has 0 aliphatic rings. The summed E-state index contributed by atoms with van der Waals surface area (Å²) in [7, 11) is 0. The average Bonchev–Trinajstić information content (AvgIpc) is 2.45. The standard InChI is InChI=1S/C14H12.C8H19N/c1-12(13-8-4-2-5-9-13)14-10-6-3-7-11-14;1-7(2,3)9-8(4,5)6/h2-11H,1H2;9H,1-6H3. The third kappa shape index (κ3) is 8.37. The largest absolute Gasteiger partial charge is 0.307 e. The van der Waals surface area contributed by atoms with Crippen molar-refractivity contribution in [3.63, 3.8) is 0 Å². The van der Waals surface area contributed by atoms with E-state index < -0.39 is 0 Å². The van der Waals surface area contributed by atoms with Crippen molar-refractivity contribution in [1.82, 2.24) is 5.32 Å². The Balaban J connectivity index is 0.000000257. The molecule has 2 aromatic carbocycles. The van der Waals surface area contributed by atoms with Crippen LogP contribution < -0.4 is 5.32 Å². The highest BCUT2D eigenvalue weighted by Crippen LogP contribution is 2.20. The molecule has 2 aromatic rings. The van der Waals surface area contributed by atoms with Crippen LogP contribution in [0.3, 0.4) is 0 Å². The number of rotatable bonds is 2. The van der Waals surface area contributed by atoms with E-state index in [0.29, 0.717) is 0 Å². The number of hydrogen-bond donors (Lipinski definition) is 1. The Labute approximate surface area is 142 Å². The maximum absolute atomic E-state index is 4.10. The first kappa shape index (κ1) is 19.2. The Kier molecular flexibility index (Phi) is 6.78. The van der Waals surface area contributed by atoms with Crippen LogP contribution in [-0.4, -0.2) is 11.1 Å². The number of benzene rings is 2. The third-order valence-corrected chi connectivity index (χ3v) is 2.99. The van der Waals surface area contributed by atoms with E-state index in [1.54, 1.807) is 0 Å². The van der Waals surface area contributed by atoms with Crippen molar-refractivity contribution in [2.75, 3.05) is 0 Å². The van der Waals surface area contributed by atoms with Crippen molar-refractivity contribution in [1.29, 1.82) is 0 Å². The zero-order chi connectivity index (χ0) is 17.5. The van der Waals surface area contributed by atoms with Crippen LogP contribution in [0, 0.1) is 0 Å². The highest BCUT2D eigenvalue weighted by Gasteiger charge is 2.18. The summed E-state index contributed by atoms with van der Waals surface area (Å²) >= 11 is 0. The van der Waals surface area contributed by atoms with Gasteiger partial charge in [-0.05, 0) is 58.2 Å². The van der Waals surface area contributed by atoms with Gasteiger partial charge in [-0.15, -0.1) is 0 Å². The van der Waals surface area contributed by atoms with Crippen LogP contribution >= 0.6 is 0 Å². The van der Waals surface area contributed by atoms with E-state index >= 15 is 0 Å². The molecule has 0 bridgehead atoms. The molecule has 0 heterocycles. The van der Waals surface area contributed by atoms with Crippen molar-refractivity contribution in [3.05, 3.63) is 78.4 Å². The molecule has 0 aromatic heterocycles. The van der Waals surface area contributed by atoms with Crippen LogP contribution in [0.2, 0.25) is 0 Å². The van der Waals surface area contributed by atoms with Crippen LogP contribution in [0.5, 0.6) is 0 Å². The molecule has 0 radical (unpaired) electrons. The van der Waals surface area contributed by atoms with Crippen LogP contribution in [-0.2, 0) is 0 Å². The average molecular weight is 309 g/mol. The molecule has 0 fully saturated rings. The number of nitrogens with one attached hydrogen (secondary N) is 1. The molecule has 0 atom stereocenters. The van der Waals surface area contributed by atoms with Gasteiger partial charge in [0.05, 0.1) is 0 Å². The lowest BCUT2D eigenvalue weighted by Crippen LogP contribution is -2.48. The smallest absolute Gasteiger partial charge is 0.0101 e. The van der Waals surface area contributed by atoms with Gasteiger partial charge in [-0.3, -0.25) is 0 Å². The normalized spacial score (nSPS) is 11.4. The van der Waals surface area contributed by atoms with Crippen LogP contribution in [0.15, 0.2) is 67.2 Å². The molecule has 0 spiro atoms. The van der Waals surface area contributed by atoms with Gasteiger partial charge in [0.1, 0.15) is 0 Å². The Hall–Kier alpha value is -1.86. The van der Waals surface area contributed by atoms with Crippen molar-refractivity contribution in [3.8, 4) is 0 Å². The van der Waals surface area contributed by atoms with E-state index in [0.717, 1.165) is 5.57 Å². The van der Waals surface area contributed by atoms with Crippen LogP contribution in [0.1, 0.15) is 52.7 Å². The SMILES string of the molecule is C=C(c1ccccc1)c1ccccc1.CC(C)(C)NC(C)(C)C. The molecule has 1 heteroatoms. The highest BCUT2D eigenvalue weighted by atomic mass is 15.0. The van der Waals surface area contributed by atoms with E-state index in [2.05, 4.69) is 77.7 Å². The summed E-state index contributed by atoms with van der Waals surface area (Å²) in [5.41, 5.74) is 3.90. The van der Waals surface area contributed by atoms with Gasteiger partial charge in [0.25, 0.3) is 0 Å². The molecule has 2 rings (SSSR count). The zero-order valence-electron chi connectivity index (χ0n) is 15.5. The predicted octanol–water partition coefficient (Wildman–Crippen LogP) is 5.92. The summed E-state index contributed by atoms with van der Waals surface area (Å²) in [4.78, 5) is 0. The van der Waals surface area contributed by atoms with E-state index in [4.69, 9.17) is 0 Å². The second-order valence-corrected chi connectivity index (χ2v) is 7.84. The highest BCUT2D eigenvalue weighted by molar-refractivity contribution is 5.77. The van der Waals surface area contributed by atoms with Gasteiger partial charge in [0.2, 0.25) is 0 Å². The third-order valence-electron chi connectivity index (χ3n) is 2.99. The van der Waals surface area contributed by atoms with Gasteiger partial charge in [-0.25, -0.2) is 0 Å². The number of hydrogen-bond acceptors (Lipinski definition) is 1. The van der Waals surface area contributed by atoms with Crippen molar-refractivity contribution < 1.29 is 0 Å². The van der Waals surface area contributed by atoms with E-state index in [1.807, 2.05) is 36.4 Å². The lowest BCUT2D eigenvalue weighted by molar-refractivity contribution is 0.303. The molecular formula is C22H31N. The minimum absolute atomic E-state index is 0.234. The summed E-state index contributed by atoms with van der Waals surface area (Å²) < 4.78 is 0. The van der Waals surface area contributed by atoms with Gasteiger partial charge < -0.3 is 5.32 Å². The van der Waals surface area contributed by atoms with Gasteiger partial charge in [0.15, 0.2) is 0 Å². The van der Waals surface area contributed by atoms with Gasteiger partial charge >= 0.3 is 0 Å². The van der Waals surface area contributed by atoms with Crippen LogP contribution in [0.25, 0.3) is 5.57 Å². The lowest BCUT2D eigenvalue weighted by Gasteiger charge is -2.31. The molecule has 0 saturated carbocycles. The molecule has 0 unspecified atom stereocenters. The monoisotopic (exact) mass is 309 g/mol. The van der Waals surface area contributed by atoms with Gasteiger partial charge in [-0.2, -0.15) is 0 Å². The zero-order valence-corrected chi connectivity index (χ0v) is 15.5. The maximum Gasteiger partial charge on any atom is 0.0101 e. The molecule has 1 nitrogen and oxygen atoms in total. The molecule has 1 N–H and O–H groups in total. The molecule has 0 aliphatic carbocycles. The molecule has 0 aliphatic heterocycles. The summed E-state index contributed by atoms with van der Waals surface area (Å²) in [5.74, 6) is 0. The van der Waals surface area contributed by atoms with Crippen molar-refractivity contribution >= 4 is 5.57 Å². The molecule has 0 saturated heterocycles. The topological polar surface area (TPSA) is 12.0 Å². The molecule has 124 valence electrons. The Morgan fingerprint density at radius 3 is 1.17 bits per heavy atom. The minimum atomic E-state index is 0.234. The first-order valence-corrected chi connectivity index (χ1v) is 8.17. The fourth-order valence-electron chi connectivity index (χ4n) is 2.57. The summed E-state index contributed by atoms with van der Waals surface area (Å²) in [6, 6.07) is 20.5. The lowest BCUT2D eigenvalue weighted by atomic mass is 10.0. The second-order valence-electron chi connectivity index (χ2n) is 7.84. The molecular weight excluding hydrogens is 278 g/mol. The summed E-state index contributed by atoms with van der Waals surface area (Å²) in [6.45, 7) is 17.2. The second kappa shape index (κ2) is 8.12. The fraction of sp³-hybridized carbons (Fsp3) is 0.364. The molecule has 0 amide bonds. The Morgan fingerprint density at radius 1 is 0.652 bits per heavy atom. The van der Waals surface area contributed by atoms with Crippen molar-refractivity contribution in [2.45, 2.75) is 52.6 Å². The fourth-order valence-corrected chi connectivity index (χ4v) is 2.57. The minimum Gasteiger partial charge on any atom is -0.307 e. The van der Waals surface area contributed by atoms with Crippen molar-refractivity contribution in [2.24, 2.45) is 0 Å². The quantitative estimate of drug-likeness (QED) is 0.726. The van der Waals surface area contributed by atoms with Crippen LogP contribution in [0.4, 0.5) is 0 Å². The maximum atomic E-state index is 4.10. The Morgan fingerprint density at radius 2 is 0.957 bits per heavy atom. The first-order valence-electron chi connectivity index (χ1n) is 8.17. The van der Waals surface area contributed by atoms with Gasteiger partial charge in [0, 0.05) is 11.1 Å². The summed E-state index contributed by atoms with van der Waals surface area (Å²) in [6.07, 6.45) is 0. The van der Waals surface area contributed by atoms with Gasteiger partial charge in [-0.1, -0.05) is 67.2 Å². The molecule has 23 heavy (non-hydrogen) atoms. The predicted molar refractivity (Wildman–Crippen MR) is 104 cm³/mol. The van der Waals surface area contributed by atoms with E-state index in [1.165, 1.54) is 11.1 Å². The Bertz CT molecular complexity index is 530. The van der Waals surface area contributed by atoms with E-state index in [9.17, 15) is 0 Å². The van der Waals surface area contributed by atoms with E-state index in [-0.39, 0.29) is 11.1 Å².